The molecule has 1 heterocycles. The molecule has 114 valence electrons. The van der Waals surface area contributed by atoms with Crippen molar-refractivity contribution >= 4 is 21.7 Å². The highest BCUT2D eigenvalue weighted by Crippen LogP contribution is 2.31. The second kappa shape index (κ2) is 7.07. The first-order valence-corrected chi connectivity index (χ1v) is 8.18. The zero-order valence-electron chi connectivity index (χ0n) is 12.5. The lowest BCUT2D eigenvalue weighted by atomic mass is 10.1. The fraction of sp³-hybridized carbons (Fsp3) is 0.438. The first-order chi connectivity index (χ1) is 10.1. The lowest BCUT2D eigenvalue weighted by Crippen LogP contribution is -2.07. The van der Waals surface area contributed by atoms with Crippen LogP contribution in [-0.4, -0.2) is 9.55 Å². The second-order valence-electron chi connectivity index (χ2n) is 5.14. The molecule has 5 heteroatoms. The highest BCUT2D eigenvalue weighted by Gasteiger charge is 2.18. The van der Waals surface area contributed by atoms with Gasteiger partial charge >= 0.3 is 0 Å². The van der Waals surface area contributed by atoms with Crippen molar-refractivity contribution in [1.82, 2.24) is 9.55 Å². The largest absolute Gasteiger partial charge is 0.383 e. The lowest BCUT2D eigenvalue weighted by molar-refractivity contribution is 0.604. The van der Waals surface area contributed by atoms with Gasteiger partial charge in [-0.15, -0.1) is 0 Å². The van der Waals surface area contributed by atoms with Gasteiger partial charge in [-0.1, -0.05) is 36.2 Å². The van der Waals surface area contributed by atoms with Crippen LogP contribution in [-0.2, 0) is 13.0 Å². The molecule has 21 heavy (non-hydrogen) atoms. The van der Waals surface area contributed by atoms with E-state index in [9.17, 15) is 4.39 Å². The minimum atomic E-state index is -0.298. The van der Waals surface area contributed by atoms with Gasteiger partial charge in [-0.2, -0.15) is 0 Å². The summed E-state index contributed by atoms with van der Waals surface area (Å²) in [6, 6.07) is 4.84. The molecule has 1 aromatic carbocycles. The van der Waals surface area contributed by atoms with Crippen LogP contribution >= 0.6 is 15.9 Å². The number of nitrogens with two attached hydrogens (primary N) is 1. The molecule has 2 N–H and O–H groups in total. The molecule has 0 radical (unpaired) electrons. The number of aromatic nitrogens is 2. The van der Waals surface area contributed by atoms with Gasteiger partial charge in [0.2, 0.25) is 0 Å². The zero-order valence-corrected chi connectivity index (χ0v) is 14.1. The Morgan fingerprint density at radius 1 is 1.29 bits per heavy atom. The van der Waals surface area contributed by atoms with Crippen molar-refractivity contribution < 1.29 is 4.39 Å². The van der Waals surface area contributed by atoms with Crippen molar-refractivity contribution in [2.45, 2.75) is 46.1 Å². The average molecular weight is 354 g/mol. The van der Waals surface area contributed by atoms with Crippen LogP contribution in [0.5, 0.6) is 0 Å². The number of hydrogen-bond acceptors (Lipinski definition) is 2. The predicted octanol–water partition coefficient (Wildman–Crippen LogP) is 4.79. The van der Waals surface area contributed by atoms with Crippen LogP contribution in [0.2, 0.25) is 0 Å². The Kier molecular flexibility index (Phi) is 5.39. The summed E-state index contributed by atoms with van der Waals surface area (Å²) in [5, 5.41) is 0. The molecule has 2 aromatic rings. The molecule has 1 aromatic heterocycles. The zero-order chi connectivity index (χ0) is 15.4. The first-order valence-electron chi connectivity index (χ1n) is 7.38. The van der Waals surface area contributed by atoms with Gasteiger partial charge in [0, 0.05) is 23.0 Å². The summed E-state index contributed by atoms with van der Waals surface area (Å²) in [6.07, 6.45) is 3.97. The number of unbranched alkanes of at least 4 members (excludes halogenated alkanes) is 1. The van der Waals surface area contributed by atoms with Gasteiger partial charge in [-0.25, -0.2) is 9.37 Å². The number of rotatable bonds is 6. The fourth-order valence-corrected chi connectivity index (χ4v) is 2.73. The standard InChI is InChI=1S/C16H21BrFN3/c1-3-5-9-21-14(6-4-2)20-15(16(21)19)12-10-11(17)7-8-13(12)18/h7-8,10H,3-6,9,19H2,1-2H3. The summed E-state index contributed by atoms with van der Waals surface area (Å²) in [5.41, 5.74) is 7.25. The molecule has 0 fully saturated rings. The Labute approximate surface area is 133 Å². The Morgan fingerprint density at radius 2 is 2.05 bits per heavy atom. The van der Waals surface area contributed by atoms with E-state index in [1.807, 2.05) is 4.57 Å². The smallest absolute Gasteiger partial charge is 0.132 e. The summed E-state index contributed by atoms with van der Waals surface area (Å²) in [6.45, 7) is 5.08. The van der Waals surface area contributed by atoms with Gasteiger partial charge in [0.1, 0.15) is 23.2 Å². The van der Waals surface area contributed by atoms with Crippen molar-refractivity contribution in [3.63, 3.8) is 0 Å². The molecule has 2 rings (SSSR count). The van der Waals surface area contributed by atoms with Gasteiger partial charge in [-0.3, -0.25) is 0 Å². The van der Waals surface area contributed by atoms with E-state index >= 15 is 0 Å². The quantitative estimate of drug-likeness (QED) is 0.811. The van der Waals surface area contributed by atoms with Crippen LogP contribution in [0, 0.1) is 5.82 Å². The highest BCUT2D eigenvalue weighted by atomic mass is 79.9. The topological polar surface area (TPSA) is 43.8 Å². The molecule has 0 bridgehead atoms. The van der Waals surface area contributed by atoms with Crippen molar-refractivity contribution in [2.75, 3.05) is 5.73 Å². The minimum absolute atomic E-state index is 0.298. The molecule has 0 aliphatic rings. The monoisotopic (exact) mass is 353 g/mol. The Bertz CT molecular complexity index is 622. The highest BCUT2D eigenvalue weighted by molar-refractivity contribution is 9.10. The number of nitrogens with zero attached hydrogens (tertiary/aromatic N) is 2. The third kappa shape index (κ3) is 3.46. The molecule has 3 nitrogen and oxygen atoms in total. The number of benzene rings is 1. The van der Waals surface area contributed by atoms with E-state index in [1.54, 1.807) is 12.1 Å². The molecular formula is C16H21BrFN3. The number of halogens is 2. The second-order valence-corrected chi connectivity index (χ2v) is 6.06. The van der Waals surface area contributed by atoms with Crippen LogP contribution in [0.25, 0.3) is 11.3 Å². The summed E-state index contributed by atoms with van der Waals surface area (Å²) >= 11 is 3.37. The third-order valence-electron chi connectivity index (χ3n) is 3.48. The van der Waals surface area contributed by atoms with Crippen molar-refractivity contribution in [2.24, 2.45) is 0 Å². The maximum absolute atomic E-state index is 14.1. The van der Waals surface area contributed by atoms with Gasteiger partial charge in [0.15, 0.2) is 0 Å². The van der Waals surface area contributed by atoms with Crippen LogP contribution in [0.15, 0.2) is 22.7 Å². The summed E-state index contributed by atoms with van der Waals surface area (Å²) in [7, 11) is 0. The van der Waals surface area contributed by atoms with Crippen LogP contribution in [0.4, 0.5) is 10.2 Å². The number of hydrogen-bond donors (Lipinski definition) is 1. The van der Waals surface area contributed by atoms with E-state index in [-0.39, 0.29) is 5.82 Å². The Morgan fingerprint density at radius 3 is 2.71 bits per heavy atom. The van der Waals surface area contributed by atoms with E-state index in [0.29, 0.717) is 17.1 Å². The average Bonchev–Trinajstić information content (AvgIpc) is 2.76. The molecule has 0 aliphatic carbocycles. The Balaban J connectivity index is 2.51. The molecule has 0 saturated heterocycles. The minimum Gasteiger partial charge on any atom is -0.383 e. The maximum atomic E-state index is 14.1. The lowest BCUT2D eigenvalue weighted by Gasteiger charge is -2.08. The molecule has 0 unspecified atom stereocenters. The summed E-state index contributed by atoms with van der Waals surface area (Å²) in [5.74, 6) is 1.20. The fourth-order valence-electron chi connectivity index (χ4n) is 2.37. The van der Waals surface area contributed by atoms with Crippen LogP contribution in [0.1, 0.15) is 38.9 Å². The number of imidazole rings is 1. The van der Waals surface area contributed by atoms with E-state index < -0.39 is 0 Å². The van der Waals surface area contributed by atoms with Crippen LogP contribution in [0.3, 0.4) is 0 Å². The van der Waals surface area contributed by atoms with Gasteiger partial charge in [0.25, 0.3) is 0 Å². The van der Waals surface area contributed by atoms with E-state index in [4.69, 9.17) is 5.73 Å². The maximum Gasteiger partial charge on any atom is 0.132 e. The van der Waals surface area contributed by atoms with E-state index in [2.05, 4.69) is 34.8 Å². The van der Waals surface area contributed by atoms with Crippen LogP contribution < -0.4 is 5.73 Å². The summed E-state index contributed by atoms with van der Waals surface area (Å²) < 4.78 is 16.9. The van der Waals surface area contributed by atoms with Gasteiger partial charge in [0.05, 0.1) is 0 Å². The van der Waals surface area contributed by atoms with Gasteiger partial charge < -0.3 is 10.3 Å². The molecule has 0 amide bonds. The molecule has 0 saturated carbocycles. The molecule has 0 aliphatic heterocycles. The van der Waals surface area contributed by atoms with Crippen molar-refractivity contribution in [1.29, 1.82) is 0 Å². The molecule has 0 atom stereocenters. The molecular weight excluding hydrogens is 333 g/mol. The van der Waals surface area contributed by atoms with Gasteiger partial charge in [-0.05, 0) is 31.0 Å². The van der Waals surface area contributed by atoms with Crippen molar-refractivity contribution in [3.05, 3.63) is 34.3 Å². The Hall–Kier alpha value is -1.36. The predicted molar refractivity (Wildman–Crippen MR) is 88.6 cm³/mol. The number of nitrogen functional groups attached to an aromatic ring is 1. The van der Waals surface area contributed by atoms with E-state index in [0.717, 1.165) is 42.5 Å². The van der Waals surface area contributed by atoms with E-state index in [1.165, 1.54) is 6.07 Å². The first kappa shape index (κ1) is 16.0. The number of anilines is 1. The normalized spacial score (nSPS) is 11.0. The SMILES string of the molecule is CCCCn1c(CCC)nc(-c2cc(Br)ccc2F)c1N. The number of aryl methyl sites for hydroxylation is 1. The molecule has 0 spiro atoms. The van der Waals surface area contributed by atoms with Crippen molar-refractivity contribution in [3.8, 4) is 11.3 Å². The summed E-state index contributed by atoms with van der Waals surface area (Å²) in [4.78, 5) is 4.60. The third-order valence-corrected chi connectivity index (χ3v) is 3.97.